The fourth-order valence-corrected chi connectivity index (χ4v) is 3.20. The van der Waals surface area contributed by atoms with Gasteiger partial charge in [-0.2, -0.15) is 0 Å². The highest BCUT2D eigenvalue weighted by Gasteiger charge is 2.48. The first-order chi connectivity index (χ1) is 12.0. The fraction of sp³-hybridized carbons (Fsp3) is 0.474. The van der Waals surface area contributed by atoms with Gasteiger partial charge in [0.2, 0.25) is 0 Å². The highest BCUT2D eigenvalue weighted by molar-refractivity contribution is 5.80. The molecule has 134 valence electrons. The minimum atomic E-state index is 0.0824. The van der Waals surface area contributed by atoms with Gasteiger partial charge in [-0.25, -0.2) is 0 Å². The Morgan fingerprint density at radius 2 is 2.12 bits per heavy atom. The van der Waals surface area contributed by atoms with Crippen LogP contribution in [0.5, 0.6) is 0 Å². The second-order valence-corrected chi connectivity index (χ2v) is 6.95. The Balaban J connectivity index is 1.55. The maximum Gasteiger partial charge on any atom is 0.191 e. The summed E-state index contributed by atoms with van der Waals surface area (Å²) in [7, 11) is 3.54. The summed E-state index contributed by atoms with van der Waals surface area (Å²) in [6.45, 7) is 4.94. The Kier molecular flexibility index (Phi) is 5.08. The van der Waals surface area contributed by atoms with Gasteiger partial charge in [0.25, 0.3) is 0 Å². The Hall–Kier alpha value is -2.34. The predicted molar refractivity (Wildman–Crippen MR) is 98.3 cm³/mol. The number of aliphatic imine (C=N–C) groups is 1. The molecule has 0 saturated heterocycles. The van der Waals surface area contributed by atoms with E-state index >= 15 is 0 Å². The molecule has 1 saturated carbocycles. The van der Waals surface area contributed by atoms with Gasteiger partial charge >= 0.3 is 0 Å². The number of methoxy groups -OCH3 is 1. The van der Waals surface area contributed by atoms with E-state index in [-0.39, 0.29) is 11.5 Å². The minimum Gasteiger partial charge on any atom is -0.381 e. The van der Waals surface area contributed by atoms with Crippen molar-refractivity contribution in [2.75, 3.05) is 14.2 Å². The molecule has 1 aliphatic rings. The normalized spacial score (nSPS) is 22.3. The van der Waals surface area contributed by atoms with Crippen LogP contribution >= 0.6 is 0 Å². The van der Waals surface area contributed by atoms with Crippen molar-refractivity contribution >= 4 is 5.96 Å². The number of aromatic nitrogens is 1. The Bertz CT molecular complexity index is 724. The molecule has 3 rings (SSSR count). The van der Waals surface area contributed by atoms with Crippen LogP contribution in [0.25, 0.3) is 11.3 Å². The summed E-state index contributed by atoms with van der Waals surface area (Å²) in [6.07, 6.45) is 1.26. The van der Waals surface area contributed by atoms with E-state index in [1.54, 1.807) is 14.2 Å². The molecule has 0 radical (unpaired) electrons. The van der Waals surface area contributed by atoms with Gasteiger partial charge in [-0.05, 0) is 6.42 Å². The summed E-state index contributed by atoms with van der Waals surface area (Å²) in [6, 6.07) is 12.3. The van der Waals surface area contributed by atoms with Crippen LogP contribution < -0.4 is 10.6 Å². The van der Waals surface area contributed by atoms with E-state index in [0.29, 0.717) is 12.6 Å². The summed E-state index contributed by atoms with van der Waals surface area (Å²) < 4.78 is 10.9. The van der Waals surface area contributed by atoms with Crippen LogP contribution in [-0.2, 0) is 11.3 Å². The van der Waals surface area contributed by atoms with Gasteiger partial charge in [0, 0.05) is 37.2 Å². The molecule has 2 unspecified atom stereocenters. The number of rotatable bonds is 5. The van der Waals surface area contributed by atoms with E-state index in [2.05, 4.69) is 34.6 Å². The first kappa shape index (κ1) is 17.5. The smallest absolute Gasteiger partial charge is 0.191 e. The van der Waals surface area contributed by atoms with E-state index < -0.39 is 0 Å². The van der Waals surface area contributed by atoms with Crippen LogP contribution in [0, 0.1) is 5.41 Å². The van der Waals surface area contributed by atoms with E-state index in [4.69, 9.17) is 9.26 Å². The van der Waals surface area contributed by atoms with E-state index in [1.807, 2.05) is 36.4 Å². The average Bonchev–Trinajstić information content (AvgIpc) is 3.10. The number of guanidine groups is 1. The van der Waals surface area contributed by atoms with Crippen molar-refractivity contribution in [3.05, 3.63) is 42.2 Å². The van der Waals surface area contributed by atoms with Crippen molar-refractivity contribution in [3.8, 4) is 11.3 Å². The summed E-state index contributed by atoms with van der Waals surface area (Å²) in [4.78, 5) is 4.30. The van der Waals surface area contributed by atoms with Crippen molar-refractivity contribution in [2.45, 2.75) is 39.0 Å². The second-order valence-electron chi connectivity index (χ2n) is 6.95. The number of benzene rings is 1. The van der Waals surface area contributed by atoms with Gasteiger partial charge in [-0.15, -0.1) is 0 Å². The highest BCUT2D eigenvalue weighted by atomic mass is 16.5. The van der Waals surface area contributed by atoms with Gasteiger partial charge in [0.05, 0.1) is 12.6 Å². The summed E-state index contributed by atoms with van der Waals surface area (Å²) >= 11 is 0. The molecule has 2 N–H and O–H groups in total. The molecule has 2 aromatic rings. The quantitative estimate of drug-likeness (QED) is 0.646. The molecule has 25 heavy (non-hydrogen) atoms. The molecule has 1 aromatic heterocycles. The first-order valence-corrected chi connectivity index (χ1v) is 8.55. The molecule has 1 heterocycles. The molecule has 0 amide bonds. The Morgan fingerprint density at radius 1 is 1.36 bits per heavy atom. The minimum absolute atomic E-state index is 0.0824. The molecule has 0 spiro atoms. The van der Waals surface area contributed by atoms with Gasteiger partial charge in [0.15, 0.2) is 11.7 Å². The van der Waals surface area contributed by atoms with Crippen molar-refractivity contribution in [3.63, 3.8) is 0 Å². The molecule has 0 aliphatic heterocycles. The topological polar surface area (TPSA) is 71.7 Å². The third-order valence-electron chi connectivity index (χ3n) is 5.06. The fourth-order valence-electron chi connectivity index (χ4n) is 3.20. The lowest BCUT2D eigenvalue weighted by Gasteiger charge is -2.51. The third kappa shape index (κ3) is 3.69. The number of nitrogens with one attached hydrogen (secondary N) is 2. The van der Waals surface area contributed by atoms with Crippen LogP contribution in [0.2, 0.25) is 0 Å². The molecular weight excluding hydrogens is 316 g/mol. The number of hydrogen-bond donors (Lipinski definition) is 2. The molecule has 6 heteroatoms. The lowest BCUT2D eigenvalue weighted by atomic mass is 9.64. The molecule has 1 aromatic carbocycles. The van der Waals surface area contributed by atoms with Gasteiger partial charge in [-0.3, -0.25) is 4.99 Å². The van der Waals surface area contributed by atoms with Crippen LogP contribution in [0.15, 0.2) is 45.9 Å². The lowest BCUT2D eigenvalue weighted by Crippen LogP contribution is -2.63. The van der Waals surface area contributed by atoms with Gasteiger partial charge < -0.3 is 19.9 Å². The predicted octanol–water partition coefficient (Wildman–Crippen LogP) is 2.82. The van der Waals surface area contributed by atoms with Crippen LogP contribution in [0.4, 0.5) is 0 Å². The maximum atomic E-state index is 5.50. The number of nitrogens with zero attached hydrogens (tertiary/aromatic N) is 2. The Morgan fingerprint density at radius 3 is 2.76 bits per heavy atom. The van der Waals surface area contributed by atoms with Gasteiger partial charge in [0.1, 0.15) is 5.69 Å². The summed E-state index contributed by atoms with van der Waals surface area (Å²) in [5.41, 5.74) is 1.96. The third-order valence-corrected chi connectivity index (χ3v) is 5.06. The van der Waals surface area contributed by atoms with Crippen LogP contribution in [0.3, 0.4) is 0 Å². The molecule has 2 atom stereocenters. The van der Waals surface area contributed by atoms with Crippen molar-refractivity contribution in [1.82, 2.24) is 15.8 Å². The highest BCUT2D eigenvalue weighted by Crippen LogP contribution is 2.42. The van der Waals surface area contributed by atoms with Crippen LogP contribution in [0.1, 0.15) is 26.0 Å². The standard InChI is InChI=1S/C19H26N4O2/c1-19(2)16(11-17(19)24-4)22-18(20-3)21-12-14-10-15(23-25-14)13-8-6-5-7-9-13/h5-10,16-17H,11-12H2,1-4H3,(H2,20,21,22). The van der Waals surface area contributed by atoms with Crippen molar-refractivity contribution in [2.24, 2.45) is 10.4 Å². The largest absolute Gasteiger partial charge is 0.381 e. The molecule has 1 fully saturated rings. The van der Waals surface area contributed by atoms with E-state index in [1.165, 1.54) is 0 Å². The number of hydrogen-bond acceptors (Lipinski definition) is 4. The zero-order valence-corrected chi connectivity index (χ0v) is 15.2. The molecule has 6 nitrogen and oxygen atoms in total. The monoisotopic (exact) mass is 342 g/mol. The first-order valence-electron chi connectivity index (χ1n) is 8.55. The van der Waals surface area contributed by atoms with Crippen LogP contribution in [-0.4, -0.2) is 37.4 Å². The lowest BCUT2D eigenvalue weighted by molar-refractivity contribution is -0.0922. The molecule has 0 bridgehead atoms. The molecule has 1 aliphatic carbocycles. The second kappa shape index (κ2) is 7.27. The van der Waals surface area contributed by atoms with Gasteiger partial charge in [-0.1, -0.05) is 49.3 Å². The van der Waals surface area contributed by atoms with E-state index in [0.717, 1.165) is 29.4 Å². The van der Waals surface area contributed by atoms with Crippen molar-refractivity contribution < 1.29 is 9.26 Å². The van der Waals surface area contributed by atoms with E-state index in [9.17, 15) is 0 Å². The Labute approximate surface area is 148 Å². The maximum absolute atomic E-state index is 5.50. The van der Waals surface area contributed by atoms with Crippen molar-refractivity contribution in [1.29, 1.82) is 0 Å². The SMILES string of the molecule is CN=C(NCc1cc(-c2ccccc2)no1)NC1CC(OC)C1(C)C. The summed E-state index contributed by atoms with van der Waals surface area (Å²) in [5.74, 6) is 1.52. The summed E-state index contributed by atoms with van der Waals surface area (Å²) in [5, 5.41) is 10.9. The average molecular weight is 342 g/mol. The zero-order chi connectivity index (χ0) is 17.9. The number of ether oxygens (including phenoxy) is 1. The zero-order valence-electron chi connectivity index (χ0n) is 15.2. The molecular formula is C19H26N4O2.